The summed E-state index contributed by atoms with van der Waals surface area (Å²) in [6.07, 6.45) is 16.5. The van der Waals surface area contributed by atoms with Gasteiger partial charge in [0.2, 0.25) is 5.91 Å². The van der Waals surface area contributed by atoms with E-state index in [1.807, 2.05) is 6.92 Å². The first-order chi connectivity index (χ1) is 25.6. The SMILES string of the molecule is C=C(C)[C@@H]1CC[C@]2(NCC(=O)N(C)C[C@@H]3CC(C)CS3(=O)=O)CC[C@]3(C)[C@H](CCC4[C@@]5(C)CC=C(C6=CC[C@](CF)(C(=O)O)CC6)C(C)(C)C5CC[C@]43C)C12. The number of halogens is 1. The van der Waals surface area contributed by atoms with Crippen molar-refractivity contribution in [2.75, 3.05) is 32.6 Å². The molecule has 1 heterocycles. The maximum absolute atomic E-state index is 14.0. The van der Waals surface area contributed by atoms with E-state index in [1.165, 1.54) is 42.4 Å². The minimum absolute atomic E-state index is 0.0168. The molecule has 1 amide bonds. The van der Waals surface area contributed by atoms with Gasteiger partial charge in [-0.15, -0.1) is 0 Å². The van der Waals surface area contributed by atoms with Gasteiger partial charge in [-0.25, -0.2) is 12.8 Å². The molecule has 1 saturated heterocycles. The number of hydrogen-bond acceptors (Lipinski definition) is 5. The first-order valence-electron chi connectivity index (χ1n) is 21.7. The Labute approximate surface area is 331 Å². The van der Waals surface area contributed by atoms with Crippen molar-refractivity contribution in [3.63, 3.8) is 0 Å². The number of carboxylic acids is 1. The lowest BCUT2D eigenvalue weighted by Crippen LogP contribution is -2.68. The van der Waals surface area contributed by atoms with Crippen LogP contribution >= 0.6 is 0 Å². The summed E-state index contributed by atoms with van der Waals surface area (Å²) in [4.78, 5) is 27.3. The van der Waals surface area contributed by atoms with Gasteiger partial charge >= 0.3 is 5.97 Å². The lowest BCUT2D eigenvalue weighted by atomic mass is 9.33. The molecule has 0 aromatic rings. The van der Waals surface area contributed by atoms with Gasteiger partial charge in [0.05, 0.1) is 23.0 Å². The maximum atomic E-state index is 14.0. The van der Waals surface area contributed by atoms with E-state index < -0.39 is 33.1 Å². The zero-order chi connectivity index (χ0) is 40.1. The number of hydrogen-bond donors (Lipinski definition) is 2. The molecule has 4 unspecified atom stereocenters. The fourth-order valence-corrected chi connectivity index (χ4v) is 17.6. The highest BCUT2D eigenvalue weighted by molar-refractivity contribution is 7.92. The van der Waals surface area contributed by atoms with Crippen molar-refractivity contribution in [3.8, 4) is 0 Å². The Kier molecular flexibility index (Phi) is 10.3. The molecule has 7 aliphatic rings. The molecular formula is C46H71FN2O5S. The number of carbonyl (C=O) groups excluding carboxylic acids is 1. The Morgan fingerprint density at radius 3 is 2.29 bits per heavy atom. The fraction of sp³-hybridized carbons (Fsp3) is 0.826. The zero-order valence-corrected chi connectivity index (χ0v) is 36.1. The first kappa shape index (κ1) is 41.2. The number of carboxylic acid groups (broad SMARTS) is 1. The Bertz CT molecular complexity index is 1770. The van der Waals surface area contributed by atoms with Crippen molar-refractivity contribution < 1.29 is 27.5 Å². The van der Waals surface area contributed by atoms with Crippen molar-refractivity contribution in [1.29, 1.82) is 0 Å². The summed E-state index contributed by atoms with van der Waals surface area (Å²) in [6, 6.07) is 0. The summed E-state index contributed by atoms with van der Waals surface area (Å²) in [7, 11) is -1.39. The number of nitrogens with one attached hydrogen (secondary N) is 1. The van der Waals surface area contributed by atoms with Crippen LogP contribution in [0.4, 0.5) is 4.39 Å². The third-order valence-corrected chi connectivity index (χ3v) is 20.9. The molecule has 7 nitrogen and oxygen atoms in total. The molecule has 0 radical (unpaired) electrons. The first-order valence-corrected chi connectivity index (χ1v) is 23.4. The third-order valence-electron chi connectivity index (χ3n) is 18.5. The van der Waals surface area contributed by atoms with E-state index in [9.17, 15) is 27.5 Å². The number of fused-ring (bicyclic) bond motifs is 7. The number of likely N-dealkylation sites (N-methyl/N-ethyl adjacent to an activating group) is 1. The number of aliphatic carboxylic acids is 1. The molecular weight excluding hydrogens is 712 g/mol. The van der Waals surface area contributed by atoms with Crippen LogP contribution < -0.4 is 5.32 Å². The molecule has 5 fully saturated rings. The Morgan fingerprint density at radius 2 is 1.69 bits per heavy atom. The van der Waals surface area contributed by atoms with E-state index in [-0.39, 0.29) is 64.3 Å². The minimum atomic E-state index is -3.16. The van der Waals surface area contributed by atoms with Gasteiger partial charge in [0.25, 0.3) is 0 Å². The lowest BCUT2D eigenvalue weighted by Gasteiger charge is -2.72. The Balaban J connectivity index is 1.12. The maximum Gasteiger partial charge on any atom is 0.312 e. The Hall–Kier alpha value is -2.00. The summed E-state index contributed by atoms with van der Waals surface area (Å²) in [5.74, 6) is 1.78. The highest BCUT2D eigenvalue weighted by Crippen LogP contribution is 2.76. The van der Waals surface area contributed by atoms with Crippen molar-refractivity contribution in [2.45, 2.75) is 143 Å². The molecule has 55 heavy (non-hydrogen) atoms. The molecule has 0 aromatic heterocycles. The monoisotopic (exact) mass is 783 g/mol. The number of rotatable bonds is 9. The molecule has 7 rings (SSSR count). The molecule has 4 saturated carbocycles. The second-order valence-corrected chi connectivity index (χ2v) is 23.8. The summed E-state index contributed by atoms with van der Waals surface area (Å²) >= 11 is 0. The lowest BCUT2D eigenvalue weighted by molar-refractivity contribution is -0.221. The standard InChI is InChI=1S/C46H71FN2O5S/c1-29(2)33-14-21-46(48-25-38(50)49(9)26-32-24-30(3)27-55(32,53)54)23-22-43(7)35(39(33)46)10-11-37-42(6)17-15-34(41(4,5)36(42)16-18-44(37,43)8)31-12-19-45(28-47,20-13-31)40(51)52/h12,15,30,32-33,35-37,39,48H,1,10-11,13-14,16-28H2,2-9H3,(H,51,52)/t30?,32-,33-,35+,36?,37?,39?,42-,43+,44+,45-,46-/m0/s1. The summed E-state index contributed by atoms with van der Waals surface area (Å²) in [5.41, 5.74) is 2.89. The second-order valence-electron chi connectivity index (χ2n) is 21.5. The summed E-state index contributed by atoms with van der Waals surface area (Å²) in [5, 5.41) is 13.3. The predicted octanol–water partition coefficient (Wildman–Crippen LogP) is 8.95. The molecule has 9 heteroatoms. The summed E-state index contributed by atoms with van der Waals surface area (Å²) < 4.78 is 39.5. The van der Waals surface area contributed by atoms with Gasteiger partial charge in [-0.05, 0) is 159 Å². The van der Waals surface area contributed by atoms with Crippen LogP contribution in [0.3, 0.4) is 0 Å². The van der Waals surface area contributed by atoms with Gasteiger partial charge < -0.3 is 15.3 Å². The van der Waals surface area contributed by atoms with Gasteiger partial charge in [0, 0.05) is 19.1 Å². The van der Waals surface area contributed by atoms with E-state index in [1.54, 1.807) is 11.9 Å². The van der Waals surface area contributed by atoms with Gasteiger partial charge in [-0.2, -0.15) is 0 Å². The average molecular weight is 783 g/mol. The molecule has 12 atom stereocenters. The van der Waals surface area contributed by atoms with Crippen molar-refractivity contribution in [2.24, 2.45) is 62.6 Å². The molecule has 2 N–H and O–H groups in total. The minimum Gasteiger partial charge on any atom is -0.481 e. The molecule has 0 spiro atoms. The molecule has 0 aromatic carbocycles. The third kappa shape index (κ3) is 6.18. The largest absolute Gasteiger partial charge is 0.481 e. The van der Waals surface area contributed by atoms with E-state index in [0.29, 0.717) is 48.9 Å². The number of alkyl halides is 1. The van der Waals surface area contributed by atoms with Gasteiger partial charge in [-0.3, -0.25) is 9.59 Å². The fourth-order valence-electron chi connectivity index (χ4n) is 15.3. The smallest absolute Gasteiger partial charge is 0.312 e. The van der Waals surface area contributed by atoms with Crippen LogP contribution in [-0.2, 0) is 19.4 Å². The van der Waals surface area contributed by atoms with Gasteiger partial charge in [0.15, 0.2) is 9.84 Å². The molecule has 0 bridgehead atoms. The quantitative estimate of drug-likeness (QED) is 0.227. The van der Waals surface area contributed by atoms with Crippen LogP contribution in [0.5, 0.6) is 0 Å². The average Bonchev–Trinajstić information content (AvgIpc) is 3.62. The van der Waals surface area contributed by atoms with Gasteiger partial charge in [0.1, 0.15) is 6.67 Å². The van der Waals surface area contributed by atoms with Crippen LogP contribution in [0.2, 0.25) is 0 Å². The van der Waals surface area contributed by atoms with Crippen molar-refractivity contribution >= 4 is 21.7 Å². The van der Waals surface area contributed by atoms with Crippen LogP contribution in [0, 0.1) is 62.6 Å². The number of sulfone groups is 1. The van der Waals surface area contributed by atoms with Crippen molar-refractivity contribution in [1.82, 2.24) is 10.2 Å². The number of carbonyl (C=O) groups is 2. The predicted molar refractivity (Wildman–Crippen MR) is 218 cm³/mol. The number of allylic oxidation sites excluding steroid dienone is 5. The van der Waals surface area contributed by atoms with Crippen LogP contribution in [0.25, 0.3) is 0 Å². The molecule has 308 valence electrons. The Morgan fingerprint density at radius 1 is 0.964 bits per heavy atom. The van der Waals surface area contributed by atoms with E-state index >= 15 is 0 Å². The molecule has 1 aliphatic heterocycles. The van der Waals surface area contributed by atoms with Crippen LogP contribution in [0.1, 0.15) is 132 Å². The van der Waals surface area contributed by atoms with E-state index in [2.05, 4.69) is 65.6 Å². The van der Waals surface area contributed by atoms with Crippen LogP contribution in [0.15, 0.2) is 35.5 Å². The number of nitrogens with zero attached hydrogens (tertiary/aromatic N) is 1. The summed E-state index contributed by atoms with van der Waals surface area (Å²) in [6.45, 7) is 21.2. The van der Waals surface area contributed by atoms with E-state index in [4.69, 9.17) is 0 Å². The second kappa shape index (κ2) is 13.8. The van der Waals surface area contributed by atoms with Crippen molar-refractivity contribution in [3.05, 3.63) is 35.5 Å². The zero-order valence-electron chi connectivity index (χ0n) is 35.2. The highest BCUT2D eigenvalue weighted by Gasteiger charge is 2.70. The molecule has 6 aliphatic carbocycles. The number of amides is 1. The van der Waals surface area contributed by atoms with Crippen LogP contribution in [-0.4, -0.2) is 73.7 Å². The van der Waals surface area contributed by atoms with Gasteiger partial charge in [-0.1, -0.05) is 65.8 Å². The topological polar surface area (TPSA) is 104 Å². The van der Waals surface area contributed by atoms with E-state index in [0.717, 1.165) is 32.1 Å². The normalized spacial score (nSPS) is 45.6. The highest BCUT2D eigenvalue weighted by atomic mass is 32.2.